The molecule has 0 saturated heterocycles. The summed E-state index contributed by atoms with van der Waals surface area (Å²) in [6, 6.07) is 2.25. The largest absolute Gasteiger partial charge is 0.359 e. The third-order valence-electron chi connectivity index (χ3n) is 2.48. The molecule has 0 amide bonds. The van der Waals surface area contributed by atoms with Crippen LogP contribution in [0.2, 0.25) is 0 Å². The molecular weight excluding hydrogens is 224 g/mol. The van der Waals surface area contributed by atoms with Crippen molar-refractivity contribution in [1.29, 1.82) is 5.26 Å². The fourth-order valence-corrected chi connectivity index (χ4v) is 1.31. The fourth-order valence-electron chi connectivity index (χ4n) is 1.31. The summed E-state index contributed by atoms with van der Waals surface area (Å²) in [7, 11) is 3.11. The van der Waals surface area contributed by atoms with Crippen LogP contribution in [0.25, 0.3) is 0 Å². The van der Waals surface area contributed by atoms with Crippen molar-refractivity contribution in [2.45, 2.75) is 12.8 Å². The molecule has 6 nitrogen and oxygen atoms in total. The van der Waals surface area contributed by atoms with Crippen molar-refractivity contribution in [2.75, 3.05) is 47.6 Å². The molecule has 0 aromatic heterocycles. The van der Waals surface area contributed by atoms with Gasteiger partial charge in [0.2, 0.25) is 0 Å². The minimum atomic E-state index is -0.596. The van der Waals surface area contributed by atoms with Crippen LogP contribution in [0.15, 0.2) is 0 Å². The summed E-state index contributed by atoms with van der Waals surface area (Å²) in [5, 5.41) is 9.19. The molecule has 0 spiro atoms. The van der Waals surface area contributed by atoms with Crippen LogP contribution in [0.3, 0.4) is 0 Å². The summed E-state index contributed by atoms with van der Waals surface area (Å²) in [5.74, 6) is 0. The number of hydrogen-bond donors (Lipinski definition) is 1. The van der Waals surface area contributed by atoms with E-state index in [2.05, 4.69) is 6.07 Å². The normalized spacial score (nSPS) is 11.4. The monoisotopic (exact) mass is 246 g/mol. The van der Waals surface area contributed by atoms with Crippen molar-refractivity contribution >= 4 is 0 Å². The Morgan fingerprint density at radius 2 is 1.53 bits per heavy atom. The van der Waals surface area contributed by atoms with Gasteiger partial charge in [-0.3, -0.25) is 0 Å². The number of hydrogen-bond acceptors (Lipinski definition) is 6. The lowest BCUT2D eigenvalue weighted by atomic mass is 9.83. The van der Waals surface area contributed by atoms with Gasteiger partial charge >= 0.3 is 0 Å². The van der Waals surface area contributed by atoms with E-state index < -0.39 is 5.41 Å². The second-order valence-corrected chi connectivity index (χ2v) is 3.73. The summed E-state index contributed by atoms with van der Waals surface area (Å²) in [5.41, 5.74) is 5.06. The Hall–Kier alpha value is -0.710. The number of methoxy groups -OCH3 is 2. The molecule has 0 aromatic rings. The van der Waals surface area contributed by atoms with E-state index in [1.54, 1.807) is 14.2 Å². The molecule has 0 atom stereocenters. The number of nitriles is 1. The first-order valence-corrected chi connectivity index (χ1v) is 5.49. The summed E-state index contributed by atoms with van der Waals surface area (Å²) in [6.07, 6.45) is 1.14. The summed E-state index contributed by atoms with van der Waals surface area (Å²) < 4.78 is 19.9. The highest BCUT2D eigenvalue weighted by Crippen LogP contribution is 2.24. The van der Waals surface area contributed by atoms with Crippen molar-refractivity contribution in [3.05, 3.63) is 0 Å². The van der Waals surface area contributed by atoms with E-state index in [1.165, 1.54) is 0 Å². The first-order valence-electron chi connectivity index (χ1n) is 5.49. The van der Waals surface area contributed by atoms with Crippen molar-refractivity contribution in [3.8, 4) is 6.07 Å². The zero-order valence-electron chi connectivity index (χ0n) is 10.6. The van der Waals surface area contributed by atoms with Crippen molar-refractivity contribution in [3.63, 3.8) is 0 Å². The second-order valence-electron chi connectivity index (χ2n) is 3.73. The molecule has 2 N–H and O–H groups in total. The van der Waals surface area contributed by atoms with Gasteiger partial charge < -0.3 is 24.7 Å². The number of rotatable bonds is 11. The van der Waals surface area contributed by atoms with Crippen LogP contribution in [0.1, 0.15) is 12.8 Å². The van der Waals surface area contributed by atoms with Gasteiger partial charge in [-0.1, -0.05) is 0 Å². The van der Waals surface area contributed by atoms with E-state index in [4.69, 9.17) is 24.7 Å². The molecule has 0 unspecified atom stereocenters. The van der Waals surface area contributed by atoms with Crippen LogP contribution in [0.5, 0.6) is 0 Å². The molecule has 0 aromatic carbocycles. The topological polar surface area (TPSA) is 86.7 Å². The molecule has 6 heteroatoms. The van der Waals surface area contributed by atoms with Gasteiger partial charge in [-0.2, -0.15) is 5.26 Å². The van der Waals surface area contributed by atoms with Crippen LogP contribution in [-0.2, 0) is 18.9 Å². The molecule has 0 fully saturated rings. The Morgan fingerprint density at radius 3 is 1.82 bits per heavy atom. The van der Waals surface area contributed by atoms with E-state index in [1.807, 2.05) is 0 Å². The molecule has 0 aliphatic heterocycles. The summed E-state index contributed by atoms with van der Waals surface area (Å²) in [6.45, 7) is 1.64. The molecule has 100 valence electrons. The number of nitrogens with zero attached hydrogens (tertiary/aromatic N) is 1. The zero-order valence-corrected chi connectivity index (χ0v) is 10.6. The quantitative estimate of drug-likeness (QED) is 0.421. The van der Waals surface area contributed by atoms with E-state index in [0.717, 1.165) is 0 Å². The van der Waals surface area contributed by atoms with Crippen molar-refractivity contribution in [2.24, 2.45) is 11.1 Å². The maximum absolute atomic E-state index is 9.19. The zero-order chi connectivity index (χ0) is 13.0. The van der Waals surface area contributed by atoms with E-state index in [9.17, 15) is 5.26 Å². The molecule has 0 bridgehead atoms. The molecule has 0 aliphatic carbocycles. The van der Waals surface area contributed by atoms with Crippen LogP contribution in [0, 0.1) is 16.7 Å². The standard InChI is InChI=1S/C11H22N2O4/c1-14-9-16-5-3-11(7-12,8-13)4-6-17-10-15-2/h3-7,9-10,12H2,1-2H3. The van der Waals surface area contributed by atoms with E-state index in [0.29, 0.717) is 26.1 Å². The molecule has 17 heavy (non-hydrogen) atoms. The Balaban J connectivity index is 3.94. The maximum Gasteiger partial charge on any atom is 0.146 e. The average molecular weight is 246 g/mol. The highest BCUT2D eigenvalue weighted by Gasteiger charge is 2.28. The summed E-state index contributed by atoms with van der Waals surface area (Å²) in [4.78, 5) is 0. The van der Waals surface area contributed by atoms with Gasteiger partial charge in [-0.25, -0.2) is 0 Å². The number of nitrogens with two attached hydrogens (primary N) is 1. The molecule has 0 radical (unpaired) electrons. The van der Waals surface area contributed by atoms with Crippen LogP contribution >= 0.6 is 0 Å². The van der Waals surface area contributed by atoms with Gasteiger partial charge in [0.15, 0.2) is 0 Å². The Bertz CT molecular complexity index is 206. The van der Waals surface area contributed by atoms with Gasteiger partial charge in [-0.05, 0) is 12.8 Å². The van der Waals surface area contributed by atoms with E-state index >= 15 is 0 Å². The third kappa shape index (κ3) is 7.26. The molecule has 0 heterocycles. The lowest BCUT2D eigenvalue weighted by Gasteiger charge is -2.24. The van der Waals surface area contributed by atoms with Gasteiger partial charge in [0, 0.05) is 20.8 Å². The Morgan fingerprint density at radius 1 is 1.06 bits per heavy atom. The van der Waals surface area contributed by atoms with Crippen LogP contribution in [0.4, 0.5) is 0 Å². The molecule has 0 rings (SSSR count). The van der Waals surface area contributed by atoms with Crippen LogP contribution in [-0.4, -0.2) is 47.6 Å². The van der Waals surface area contributed by atoms with Crippen molar-refractivity contribution in [1.82, 2.24) is 0 Å². The molecular formula is C11H22N2O4. The SMILES string of the molecule is COCOCCC(C#N)(CN)CCOCOC. The smallest absolute Gasteiger partial charge is 0.146 e. The predicted octanol–water partition coefficient (Wildman–Crippen LogP) is 0.476. The van der Waals surface area contributed by atoms with E-state index in [-0.39, 0.29) is 20.1 Å². The highest BCUT2D eigenvalue weighted by molar-refractivity contribution is 4.99. The van der Waals surface area contributed by atoms with Gasteiger partial charge in [0.1, 0.15) is 13.6 Å². The fraction of sp³-hybridized carbons (Fsp3) is 0.909. The lowest BCUT2D eigenvalue weighted by molar-refractivity contribution is -0.0483. The maximum atomic E-state index is 9.19. The third-order valence-corrected chi connectivity index (χ3v) is 2.48. The van der Waals surface area contributed by atoms with Crippen molar-refractivity contribution < 1.29 is 18.9 Å². The predicted molar refractivity (Wildman–Crippen MR) is 62.0 cm³/mol. The first kappa shape index (κ1) is 16.3. The molecule has 0 aliphatic rings. The van der Waals surface area contributed by atoms with Gasteiger partial charge in [0.25, 0.3) is 0 Å². The Kier molecular flexibility index (Phi) is 10.0. The second kappa shape index (κ2) is 10.4. The summed E-state index contributed by atoms with van der Waals surface area (Å²) >= 11 is 0. The van der Waals surface area contributed by atoms with Gasteiger partial charge in [0.05, 0.1) is 24.7 Å². The number of ether oxygens (including phenoxy) is 4. The average Bonchev–Trinajstić information content (AvgIpc) is 2.37. The highest BCUT2D eigenvalue weighted by atomic mass is 16.7. The Labute approximate surface area is 103 Å². The molecule has 0 saturated carbocycles. The van der Waals surface area contributed by atoms with Crippen LogP contribution < -0.4 is 5.73 Å². The minimum Gasteiger partial charge on any atom is -0.359 e. The first-order chi connectivity index (χ1) is 8.24. The lowest BCUT2D eigenvalue weighted by Crippen LogP contribution is -2.32. The minimum absolute atomic E-state index is 0.228. The van der Waals surface area contributed by atoms with Gasteiger partial charge in [-0.15, -0.1) is 0 Å².